The Balaban J connectivity index is 2.01. The minimum Gasteiger partial charge on any atom is -0.493 e. The molecule has 0 atom stereocenters. The van der Waals surface area contributed by atoms with Gasteiger partial charge < -0.3 is 28.7 Å². The molecule has 0 saturated heterocycles. The summed E-state index contributed by atoms with van der Waals surface area (Å²) in [5.41, 5.74) is 6.26. The maximum atomic E-state index is 11.9. The van der Waals surface area contributed by atoms with Crippen molar-refractivity contribution in [2.24, 2.45) is 0 Å². The van der Waals surface area contributed by atoms with Crippen molar-refractivity contribution in [3.05, 3.63) is 34.4 Å². The topological polar surface area (TPSA) is 77.5 Å². The fourth-order valence-corrected chi connectivity index (χ4v) is 4.97. The van der Waals surface area contributed by atoms with Gasteiger partial charge >= 0.3 is 11.9 Å². The van der Waals surface area contributed by atoms with Crippen molar-refractivity contribution in [3.8, 4) is 34.1 Å². The van der Waals surface area contributed by atoms with Crippen LogP contribution in [-0.2, 0) is 35.5 Å². The lowest BCUT2D eigenvalue weighted by molar-refractivity contribution is -0.133. The fraction of sp³-hybridized carbons (Fsp3) is 0.462. The molecule has 182 valence electrons. The molecule has 0 N–H and O–H groups in total. The van der Waals surface area contributed by atoms with Crippen LogP contribution in [0.2, 0.25) is 0 Å². The minimum absolute atomic E-state index is 0.380. The molecular formula is C26H32N2O6. The van der Waals surface area contributed by atoms with E-state index in [-0.39, 0.29) is 11.9 Å². The zero-order chi connectivity index (χ0) is 24.6. The quantitative estimate of drug-likeness (QED) is 0.489. The Bertz CT molecular complexity index is 1050. The third-order valence-electron chi connectivity index (χ3n) is 6.49. The van der Waals surface area contributed by atoms with Crippen molar-refractivity contribution < 1.29 is 28.5 Å². The van der Waals surface area contributed by atoms with Gasteiger partial charge in [-0.15, -0.1) is 0 Å². The molecule has 2 heterocycles. The lowest BCUT2D eigenvalue weighted by atomic mass is 9.84. The zero-order valence-electron chi connectivity index (χ0n) is 20.7. The molecule has 0 unspecified atom stereocenters. The summed E-state index contributed by atoms with van der Waals surface area (Å²) < 4.78 is 22.7. The molecule has 2 aliphatic rings. The van der Waals surface area contributed by atoms with Gasteiger partial charge in [0.15, 0.2) is 23.0 Å². The molecule has 2 aromatic carbocycles. The molecule has 0 amide bonds. The molecule has 0 radical (unpaired) electrons. The SMILES string of the molecule is COc1cc(-c2cc(OC)c(OC(C)=O)c3c2CCN(C)C3)c2c(c1OC(C)=O)CN(C)CC2. The largest absolute Gasteiger partial charge is 0.493 e. The number of benzene rings is 2. The Labute approximate surface area is 200 Å². The molecule has 2 aliphatic heterocycles. The molecule has 2 aromatic rings. The first-order chi connectivity index (χ1) is 16.2. The predicted molar refractivity (Wildman–Crippen MR) is 128 cm³/mol. The average molecular weight is 469 g/mol. The van der Waals surface area contributed by atoms with E-state index in [1.165, 1.54) is 13.8 Å². The first-order valence-corrected chi connectivity index (χ1v) is 11.4. The molecule has 8 heteroatoms. The van der Waals surface area contributed by atoms with E-state index < -0.39 is 0 Å². The van der Waals surface area contributed by atoms with E-state index in [1.54, 1.807) is 14.2 Å². The molecule has 0 fully saturated rings. The number of nitrogens with zero attached hydrogens (tertiary/aromatic N) is 2. The van der Waals surface area contributed by atoms with Crippen molar-refractivity contribution >= 4 is 11.9 Å². The van der Waals surface area contributed by atoms with Gasteiger partial charge in [0.05, 0.1) is 14.2 Å². The van der Waals surface area contributed by atoms with Gasteiger partial charge in [-0.1, -0.05) is 0 Å². The number of carbonyl (C=O) groups excluding carboxylic acids is 2. The van der Waals surface area contributed by atoms with Crippen molar-refractivity contribution in [3.63, 3.8) is 0 Å². The highest BCUT2D eigenvalue weighted by Crippen LogP contribution is 2.48. The first kappa shape index (κ1) is 24.0. The maximum absolute atomic E-state index is 11.9. The van der Waals surface area contributed by atoms with Crippen LogP contribution in [0.5, 0.6) is 23.0 Å². The third-order valence-corrected chi connectivity index (χ3v) is 6.49. The van der Waals surface area contributed by atoms with Gasteiger partial charge in [-0.3, -0.25) is 9.59 Å². The highest BCUT2D eigenvalue weighted by Gasteiger charge is 2.31. The smallest absolute Gasteiger partial charge is 0.308 e. The summed E-state index contributed by atoms with van der Waals surface area (Å²) in [4.78, 5) is 28.2. The number of carbonyl (C=O) groups is 2. The lowest BCUT2D eigenvalue weighted by Crippen LogP contribution is -2.29. The van der Waals surface area contributed by atoms with Crippen LogP contribution in [0.3, 0.4) is 0 Å². The number of likely N-dealkylation sites (N-methyl/N-ethyl adjacent to an activating group) is 2. The van der Waals surface area contributed by atoms with Crippen LogP contribution in [0, 0.1) is 0 Å². The molecule has 0 spiro atoms. The van der Waals surface area contributed by atoms with Crippen molar-refractivity contribution in [1.82, 2.24) is 9.80 Å². The minimum atomic E-state index is -0.380. The summed E-state index contributed by atoms with van der Waals surface area (Å²) in [5, 5.41) is 0. The number of hydrogen-bond donors (Lipinski definition) is 0. The Morgan fingerprint density at radius 3 is 1.41 bits per heavy atom. The van der Waals surface area contributed by atoms with Crippen molar-refractivity contribution in [1.29, 1.82) is 0 Å². The van der Waals surface area contributed by atoms with Gasteiger partial charge in [0.25, 0.3) is 0 Å². The van der Waals surface area contributed by atoms with Gasteiger partial charge in [-0.2, -0.15) is 0 Å². The Morgan fingerprint density at radius 2 is 1.09 bits per heavy atom. The van der Waals surface area contributed by atoms with E-state index in [0.717, 1.165) is 59.3 Å². The average Bonchev–Trinajstić information content (AvgIpc) is 2.79. The number of rotatable bonds is 5. The van der Waals surface area contributed by atoms with E-state index >= 15 is 0 Å². The van der Waals surface area contributed by atoms with Crippen molar-refractivity contribution in [2.75, 3.05) is 41.4 Å². The molecular weight excluding hydrogens is 436 g/mol. The molecule has 34 heavy (non-hydrogen) atoms. The lowest BCUT2D eigenvalue weighted by Gasteiger charge is -2.32. The fourth-order valence-electron chi connectivity index (χ4n) is 4.97. The second-order valence-electron chi connectivity index (χ2n) is 8.99. The monoisotopic (exact) mass is 468 g/mol. The number of esters is 2. The van der Waals surface area contributed by atoms with Crippen LogP contribution < -0.4 is 18.9 Å². The summed E-state index contributed by atoms with van der Waals surface area (Å²) in [6.07, 6.45) is 1.62. The van der Waals surface area contributed by atoms with Crippen LogP contribution >= 0.6 is 0 Å². The Hall–Kier alpha value is -3.10. The standard InChI is InChI=1S/C26H32N2O6/c1-15(29)33-25-21-13-27(3)9-7-17(21)19(11-23(25)31-5)20-12-24(32-6)26(34-16(2)30)22-14-28(4)10-8-18(20)22/h11-12H,7-10,13-14H2,1-6H3. The predicted octanol–water partition coefficient (Wildman–Crippen LogP) is 3.20. The van der Waals surface area contributed by atoms with E-state index in [1.807, 2.05) is 26.2 Å². The van der Waals surface area contributed by atoms with E-state index in [4.69, 9.17) is 18.9 Å². The summed E-state index contributed by atoms with van der Waals surface area (Å²) >= 11 is 0. The first-order valence-electron chi connectivity index (χ1n) is 11.4. The van der Waals surface area contributed by atoms with Crippen molar-refractivity contribution in [2.45, 2.75) is 39.8 Å². The highest BCUT2D eigenvalue weighted by molar-refractivity contribution is 5.83. The van der Waals surface area contributed by atoms with Crippen LogP contribution in [0.25, 0.3) is 11.1 Å². The normalized spacial score (nSPS) is 15.8. The molecule has 0 aliphatic carbocycles. The Kier molecular flexibility index (Phi) is 6.81. The number of hydrogen-bond acceptors (Lipinski definition) is 8. The second-order valence-corrected chi connectivity index (χ2v) is 8.99. The van der Waals surface area contributed by atoms with E-state index in [9.17, 15) is 9.59 Å². The van der Waals surface area contributed by atoms with Gasteiger partial charge in [0, 0.05) is 51.2 Å². The summed E-state index contributed by atoms with van der Waals surface area (Å²) in [6.45, 7) is 5.87. The van der Waals surface area contributed by atoms with Crippen LogP contribution in [-0.4, -0.2) is 63.1 Å². The maximum Gasteiger partial charge on any atom is 0.308 e. The van der Waals surface area contributed by atoms with Gasteiger partial charge in [-0.25, -0.2) is 0 Å². The van der Waals surface area contributed by atoms with Crippen LogP contribution in [0.1, 0.15) is 36.1 Å². The summed E-state index contributed by atoms with van der Waals surface area (Å²) in [6, 6.07) is 3.92. The van der Waals surface area contributed by atoms with Gasteiger partial charge in [0.2, 0.25) is 0 Å². The summed E-state index contributed by atoms with van der Waals surface area (Å²) in [7, 11) is 7.27. The van der Waals surface area contributed by atoms with E-state index in [0.29, 0.717) is 36.1 Å². The molecule has 0 aromatic heterocycles. The zero-order valence-corrected chi connectivity index (χ0v) is 20.7. The summed E-state index contributed by atoms with van der Waals surface area (Å²) in [5.74, 6) is 1.24. The number of methoxy groups -OCH3 is 2. The second kappa shape index (κ2) is 9.64. The third kappa shape index (κ3) is 4.48. The van der Waals surface area contributed by atoms with E-state index in [2.05, 4.69) is 9.80 Å². The number of fused-ring (bicyclic) bond motifs is 2. The van der Waals surface area contributed by atoms with Gasteiger partial charge in [0.1, 0.15) is 0 Å². The van der Waals surface area contributed by atoms with Gasteiger partial charge in [-0.05, 0) is 61.3 Å². The molecule has 4 rings (SSSR count). The number of ether oxygens (including phenoxy) is 4. The van der Waals surface area contributed by atoms with Crippen LogP contribution in [0.15, 0.2) is 12.1 Å². The Morgan fingerprint density at radius 1 is 0.706 bits per heavy atom. The molecule has 8 nitrogen and oxygen atoms in total. The highest BCUT2D eigenvalue weighted by atomic mass is 16.6. The molecule has 0 saturated carbocycles. The van der Waals surface area contributed by atoms with Crippen LogP contribution in [0.4, 0.5) is 0 Å². The molecule has 0 bridgehead atoms.